The smallest absolute Gasteiger partial charge is 0.331 e. The van der Waals surface area contributed by atoms with Gasteiger partial charge in [-0.05, 0) is 30.5 Å². The van der Waals surface area contributed by atoms with E-state index in [1.54, 1.807) is 0 Å². The standard InChI is InChI=1S/C26H28O6/c1-18-5-9-20(10-6-18)4-3-13-31-32-23-17-30-25-22(16-29-26(23)25)14-24(27)28-15-21-11-7-19(2)8-12-21/h3-12,14,23,25-26H,13,15-17H2,1-2H3/b4-3+,22-14-/t23-,25+,26+/m0/s1. The Kier molecular flexibility index (Phi) is 7.50. The molecule has 2 fully saturated rings. The molecule has 2 aliphatic heterocycles. The van der Waals surface area contributed by atoms with E-state index in [0.717, 1.165) is 22.3 Å². The van der Waals surface area contributed by atoms with Crippen LogP contribution >= 0.6 is 0 Å². The number of rotatable bonds is 8. The predicted octanol–water partition coefficient (Wildman–Crippen LogP) is 4.10. The maximum atomic E-state index is 12.2. The lowest BCUT2D eigenvalue weighted by atomic mass is 10.1. The number of hydrogen-bond donors (Lipinski definition) is 0. The quantitative estimate of drug-likeness (QED) is 0.204. The van der Waals surface area contributed by atoms with Gasteiger partial charge < -0.3 is 14.2 Å². The molecule has 2 aromatic carbocycles. The zero-order valence-electron chi connectivity index (χ0n) is 18.4. The second-order valence-electron chi connectivity index (χ2n) is 8.07. The summed E-state index contributed by atoms with van der Waals surface area (Å²) in [7, 11) is 0. The number of aryl methyl sites for hydroxylation is 2. The molecule has 2 aromatic rings. The minimum atomic E-state index is -0.407. The van der Waals surface area contributed by atoms with Gasteiger partial charge in [-0.1, -0.05) is 71.8 Å². The van der Waals surface area contributed by atoms with Crippen molar-refractivity contribution in [2.24, 2.45) is 0 Å². The first-order valence-corrected chi connectivity index (χ1v) is 10.8. The number of fused-ring (bicyclic) bond motifs is 1. The van der Waals surface area contributed by atoms with E-state index in [-0.39, 0.29) is 24.9 Å². The molecule has 6 heteroatoms. The van der Waals surface area contributed by atoms with Gasteiger partial charge in [0.05, 0.1) is 13.2 Å². The van der Waals surface area contributed by atoms with Gasteiger partial charge in [0, 0.05) is 6.08 Å². The van der Waals surface area contributed by atoms with Gasteiger partial charge in [0.15, 0.2) is 0 Å². The molecule has 2 saturated heterocycles. The predicted molar refractivity (Wildman–Crippen MR) is 120 cm³/mol. The van der Waals surface area contributed by atoms with Crippen molar-refractivity contribution in [3.63, 3.8) is 0 Å². The average molecular weight is 437 g/mol. The molecule has 0 unspecified atom stereocenters. The summed E-state index contributed by atoms with van der Waals surface area (Å²) in [5, 5.41) is 0. The molecule has 2 heterocycles. The summed E-state index contributed by atoms with van der Waals surface area (Å²) in [6.45, 7) is 5.27. The molecule has 4 rings (SSSR count). The van der Waals surface area contributed by atoms with Crippen molar-refractivity contribution < 1.29 is 28.8 Å². The maximum absolute atomic E-state index is 12.2. The third kappa shape index (κ3) is 5.93. The third-order valence-electron chi connectivity index (χ3n) is 5.46. The summed E-state index contributed by atoms with van der Waals surface area (Å²) < 4.78 is 16.9. The van der Waals surface area contributed by atoms with Gasteiger partial charge in [-0.25, -0.2) is 14.6 Å². The van der Waals surface area contributed by atoms with E-state index < -0.39 is 5.97 Å². The lowest BCUT2D eigenvalue weighted by Crippen LogP contribution is -2.30. The van der Waals surface area contributed by atoms with E-state index in [9.17, 15) is 4.79 Å². The highest BCUT2D eigenvalue weighted by Crippen LogP contribution is 2.32. The van der Waals surface area contributed by atoms with Crippen LogP contribution in [0.15, 0.2) is 66.3 Å². The molecule has 3 atom stereocenters. The highest BCUT2D eigenvalue weighted by molar-refractivity contribution is 5.83. The molecular weight excluding hydrogens is 408 g/mol. The first kappa shape index (κ1) is 22.4. The lowest BCUT2D eigenvalue weighted by Gasteiger charge is -2.14. The highest BCUT2D eigenvalue weighted by atomic mass is 17.2. The van der Waals surface area contributed by atoms with Crippen LogP contribution in [0.1, 0.15) is 22.3 Å². The Morgan fingerprint density at radius 1 is 1.03 bits per heavy atom. The topological polar surface area (TPSA) is 63.2 Å². The van der Waals surface area contributed by atoms with Crippen molar-refractivity contribution >= 4 is 12.0 Å². The Morgan fingerprint density at radius 2 is 1.75 bits per heavy atom. The van der Waals surface area contributed by atoms with Gasteiger partial charge in [0.1, 0.15) is 31.5 Å². The minimum absolute atomic E-state index is 0.231. The first-order chi connectivity index (χ1) is 15.6. The van der Waals surface area contributed by atoms with Crippen molar-refractivity contribution in [2.45, 2.75) is 38.8 Å². The summed E-state index contributed by atoms with van der Waals surface area (Å²) in [5.74, 6) is -0.407. The second-order valence-corrected chi connectivity index (χ2v) is 8.07. The molecule has 6 nitrogen and oxygen atoms in total. The molecular formula is C26H28O6. The summed E-state index contributed by atoms with van der Waals surface area (Å²) in [6, 6.07) is 16.1. The Labute approximate surface area is 188 Å². The van der Waals surface area contributed by atoms with Gasteiger partial charge in [-0.3, -0.25) is 0 Å². The zero-order chi connectivity index (χ0) is 22.3. The van der Waals surface area contributed by atoms with Crippen LogP contribution in [0.3, 0.4) is 0 Å². The molecule has 0 N–H and O–H groups in total. The van der Waals surface area contributed by atoms with Gasteiger partial charge in [0.25, 0.3) is 0 Å². The molecule has 0 aliphatic carbocycles. The van der Waals surface area contributed by atoms with Crippen molar-refractivity contribution in [3.8, 4) is 0 Å². The molecule has 0 bridgehead atoms. The Bertz CT molecular complexity index is 961. The second kappa shape index (κ2) is 10.7. The van der Waals surface area contributed by atoms with Gasteiger partial charge in [-0.15, -0.1) is 0 Å². The molecule has 0 saturated carbocycles. The Morgan fingerprint density at radius 3 is 2.50 bits per heavy atom. The third-order valence-corrected chi connectivity index (χ3v) is 5.46. The monoisotopic (exact) mass is 436 g/mol. The molecule has 2 aliphatic rings. The van der Waals surface area contributed by atoms with E-state index in [1.807, 2.05) is 55.5 Å². The molecule has 0 spiro atoms. The summed E-state index contributed by atoms with van der Waals surface area (Å²) in [5.41, 5.74) is 5.20. The van der Waals surface area contributed by atoms with Crippen LogP contribution in [0.5, 0.6) is 0 Å². The number of hydrogen-bond acceptors (Lipinski definition) is 6. The fourth-order valence-electron chi connectivity index (χ4n) is 3.64. The van der Waals surface area contributed by atoms with Crippen LogP contribution in [0.2, 0.25) is 0 Å². The lowest BCUT2D eigenvalue weighted by molar-refractivity contribution is -0.326. The van der Waals surface area contributed by atoms with E-state index in [4.69, 9.17) is 24.0 Å². The minimum Gasteiger partial charge on any atom is -0.458 e. The van der Waals surface area contributed by atoms with E-state index in [0.29, 0.717) is 19.8 Å². The molecule has 0 amide bonds. The largest absolute Gasteiger partial charge is 0.458 e. The van der Waals surface area contributed by atoms with Crippen molar-refractivity contribution in [3.05, 3.63) is 88.5 Å². The SMILES string of the molecule is Cc1ccc(/C=C/COO[C@H]2CO[C@@H]3/C(=C\C(=O)OCc4ccc(C)cc4)CO[C@H]23)cc1. The molecule has 0 aromatic heterocycles. The summed E-state index contributed by atoms with van der Waals surface area (Å²) in [4.78, 5) is 23.0. The van der Waals surface area contributed by atoms with Gasteiger partial charge >= 0.3 is 5.97 Å². The van der Waals surface area contributed by atoms with Crippen molar-refractivity contribution in [2.75, 3.05) is 19.8 Å². The fraction of sp³-hybridized carbons (Fsp3) is 0.346. The zero-order valence-corrected chi connectivity index (χ0v) is 18.4. The maximum Gasteiger partial charge on any atom is 0.331 e. The molecule has 0 radical (unpaired) electrons. The Balaban J connectivity index is 1.21. The van der Waals surface area contributed by atoms with Crippen LogP contribution in [-0.2, 0) is 35.4 Å². The number of carbonyl (C=O) groups is 1. The number of carbonyl (C=O) groups excluding carboxylic acids is 1. The van der Waals surface area contributed by atoms with Crippen LogP contribution in [-0.4, -0.2) is 44.1 Å². The normalized spacial score (nSPS) is 23.7. The van der Waals surface area contributed by atoms with E-state index >= 15 is 0 Å². The van der Waals surface area contributed by atoms with Gasteiger partial charge in [0.2, 0.25) is 0 Å². The van der Waals surface area contributed by atoms with Crippen LogP contribution in [0, 0.1) is 13.8 Å². The highest BCUT2D eigenvalue weighted by Gasteiger charge is 2.46. The van der Waals surface area contributed by atoms with Gasteiger partial charge in [-0.2, -0.15) is 0 Å². The van der Waals surface area contributed by atoms with Crippen LogP contribution < -0.4 is 0 Å². The summed E-state index contributed by atoms with van der Waals surface area (Å²) >= 11 is 0. The molecule has 32 heavy (non-hydrogen) atoms. The Hall–Kier alpha value is -2.77. The van der Waals surface area contributed by atoms with Crippen LogP contribution in [0.4, 0.5) is 0 Å². The average Bonchev–Trinajstić information content (AvgIpc) is 3.38. The van der Waals surface area contributed by atoms with E-state index in [1.165, 1.54) is 11.6 Å². The fourth-order valence-corrected chi connectivity index (χ4v) is 3.64. The first-order valence-electron chi connectivity index (χ1n) is 10.8. The van der Waals surface area contributed by atoms with Crippen molar-refractivity contribution in [1.29, 1.82) is 0 Å². The number of ether oxygens (including phenoxy) is 3. The van der Waals surface area contributed by atoms with Crippen molar-refractivity contribution in [1.82, 2.24) is 0 Å². The molecule has 168 valence electrons. The number of benzene rings is 2. The number of esters is 1. The van der Waals surface area contributed by atoms with E-state index in [2.05, 4.69) is 19.1 Å². The van der Waals surface area contributed by atoms with Crippen LogP contribution in [0.25, 0.3) is 6.08 Å². The summed E-state index contributed by atoms with van der Waals surface area (Å²) in [6.07, 6.45) is 4.37.